The third kappa shape index (κ3) is 2.03. The summed E-state index contributed by atoms with van der Waals surface area (Å²) in [6.45, 7) is 2.03. The van der Waals surface area contributed by atoms with Crippen LogP contribution in [0.5, 0.6) is 0 Å². The fourth-order valence-electron chi connectivity index (χ4n) is 6.99. The van der Waals surface area contributed by atoms with Crippen LogP contribution in [0.4, 0.5) is 0 Å². The molecule has 0 bridgehead atoms. The highest BCUT2D eigenvalue weighted by Crippen LogP contribution is 2.65. The molecule has 4 aliphatic rings. The van der Waals surface area contributed by atoms with E-state index in [2.05, 4.69) is 0 Å². The number of rotatable bonds is 1. The van der Waals surface area contributed by atoms with E-state index in [1.54, 1.807) is 0 Å². The van der Waals surface area contributed by atoms with E-state index in [0.29, 0.717) is 25.7 Å². The summed E-state index contributed by atoms with van der Waals surface area (Å²) in [4.78, 5) is 39.2. The molecular formula is C20H28O6. The van der Waals surface area contributed by atoms with E-state index in [4.69, 9.17) is 4.74 Å². The molecule has 0 radical (unpaired) electrons. The Morgan fingerprint density at radius 1 is 1.08 bits per heavy atom. The zero-order valence-electron chi connectivity index (χ0n) is 15.4. The maximum atomic E-state index is 13.1. The number of ketones is 2. The number of carbonyl (C=O) groups is 3. The van der Waals surface area contributed by atoms with Gasteiger partial charge in [-0.05, 0) is 49.4 Å². The van der Waals surface area contributed by atoms with Crippen molar-refractivity contribution in [3.63, 3.8) is 0 Å². The molecule has 26 heavy (non-hydrogen) atoms. The number of ether oxygens (including phenoxy) is 1. The van der Waals surface area contributed by atoms with Crippen LogP contribution in [0.3, 0.4) is 0 Å². The molecule has 0 unspecified atom stereocenters. The second-order valence-corrected chi connectivity index (χ2v) is 9.04. The summed E-state index contributed by atoms with van der Waals surface area (Å²) < 4.78 is 5.08. The number of fused-ring (bicyclic) bond motifs is 5. The highest BCUT2D eigenvalue weighted by atomic mass is 16.5. The van der Waals surface area contributed by atoms with Crippen molar-refractivity contribution >= 4 is 17.5 Å². The van der Waals surface area contributed by atoms with Crippen LogP contribution in [0.1, 0.15) is 51.9 Å². The van der Waals surface area contributed by atoms with Gasteiger partial charge < -0.3 is 14.9 Å². The molecule has 4 rings (SSSR count). The largest absolute Gasteiger partial charge is 0.468 e. The number of aliphatic hydroxyl groups excluding tert-OH is 2. The molecule has 4 aliphatic carbocycles. The summed E-state index contributed by atoms with van der Waals surface area (Å²) in [6.07, 6.45) is 1.83. The van der Waals surface area contributed by atoms with Gasteiger partial charge in [-0.2, -0.15) is 0 Å². The zero-order valence-corrected chi connectivity index (χ0v) is 15.4. The van der Waals surface area contributed by atoms with Crippen molar-refractivity contribution in [3.05, 3.63) is 0 Å². The molecule has 8 atom stereocenters. The van der Waals surface area contributed by atoms with Crippen LogP contribution < -0.4 is 0 Å². The first-order chi connectivity index (χ1) is 12.3. The number of Topliss-reactive ketones (excluding diaryl/α,β-unsaturated/α-hetero) is 2. The molecule has 0 heterocycles. The number of hydrogen-bond acceptors (Lipinski definition) is 6. The summed E-state index contributed by atoms with van der Waals surface area (Å²) in [6, 6.07) is 0. The first kappa shape index (κ1) is 18.1. The number of methoxy groups -OCH3 is 1. The van der Waals surface area contributed by atoms with Crippen molar-refractivity contribution < 1.29 is 29.3 Å². The molecule has 6 heteroatoms. The predicted molar refractivity (Wildman–Crippen MR) is 90.9 cm³/mol. The maximum absolute atomic E-state index is 13.1. The van der Waals surface area contributed by atoms with Gasteiger partial charge in [0.2, 0.25) is 0 Å². The highest BCUT2D eigenvalue weighted by molar-refractivity contribution is 6.07. The van der Waals surface area contributed by atoms with Crippen LogP contribution >= 0.6 is 0 Å². The van der Waals surface area contributed by atoms with Crippen molar-refractivity contribution in [2.45, 2.75) is 64.1 Å². The number of aliphatic hydroxyl groups is 2. The lowest BCUT2D eigenvalue weighted by molar-refractivity contribution is -0.195. The average molecular weight is 364 g/mol. The van der Waals surface area contributed by atoms with Gasteiger partial charge in [0.25, 0.3) is 0 Å². The minimum Gasteiger partial charge on any atom is -0.468 e. The SMILES string of the molecule is COC(=O)[C@@]12C(=O)CC[C@H](O)[C@@H]1CC(=O)[C@@H]1[C@H]2CC[C@]2(C)[C@@H](O)CC[C@@H]12. The van der Waals surface area contributed by atoms with Crippen LogP contribution in [0.15, 0.2) is 0 Å². The van der Waals surface area contributed by atoms with Crippen molar-refractivity contribution in [2.75, 3.05) is 7.11 Å². The van der Waals surface area contributed by atoms with Gasteiger partial charge in [0.1, 0.15) is 11.2 Å². The van der Waals surface area contributed by atoms with Crippen LogP contribution in [0.25, 0.3) is 0 Å². The maximum Gasteiger partial charge on any atom is 0.320 e. The number of esters is 1. The van der Waals surface area contributed by atoms with Crippen LogP contribution in [-0.4, -0.2) is 47.1 Å². The Morgan fingerprint density at radius 2 is 1.81 bits per heavy atom. The topological polar surface area (TPSA) is 101 Å². The van der Waals surface area contributed by atoms with E-state index in [-0.39, 0.29) is 35.7 Å². The van der Waals surface area contributed by atoms with Gasteiger partial charge in [-0.1, -0.05) is 6.92 Å². The number of hydrogen-bond donors (Lipinski definition) is 2. The molecule has 0 aliphatic heterocycles. The van der Waals surface area contributed by atoms with E-state index in [9.17, 15) is 24.6 Å². The highest BCUT2D eigenvalue weighted by Gasteiger charge is 2.70. The summed E-state index contributed by atoms with van der Waals surface area (Å²) in [5.41, 5.74) is -1.74. The molecule has 0 aromatic carbocycles. The van der Waals surface area contributed by atoms with E-state index in [0.717, 1.165) is 6.42 Å². The van der Waals surface area contributed by atoms with E-state index in [1.165, 1.54) is 7.11 Å². The van der Waals surface area contributed by atoms with E-state index in [1.807, 2.05) is 6.92 Å². The standard InChI is InChI=1S/C20H28O6/c1-19-8-7-11-17(10(19)3-5-15(19)23)14(22)9-12-13(21)4-6-16(24)20(11,12)18(25)26-2/h10-13,15,17,21,23H,3-9H2,1-2H3/t10-,11+,12-,13-,15-,17-,19-,20+/m0/s1. The molecule has 0 amide bonds. The average Bonchev–Trinajstić information content (AvgIpc) is 2.92. The fourth-order valence-corrected chi connectivity index (χ4v) is 6.99. The number of carbonyl (C=O) groups excluding carboxylic acids is 3. The second kappa shape index (κ2) is 5.86. The van der Waals surface area contributed by atoms with Crippen LogP contribution in [0.2, 0.25) is 0 Å². The summed E-state index contributed by atoms with van der Waals surface area (Å²) in [5.74, 6) is -2.25. The Kier molecular flexibility index (Phi) is 4.08. The molecular weight excluding hydrogens is 336 g/mol. The third-order valence-electron chi connectivity index (χ3n) is 8.30. The van der Waals surface area contributed by atoms with Gasteiger partial charge >= 0.3 is 5.97 Å². The van der Waals surface area contributed by atoms with E-state index >= 15 is 0 Å². The molecule has 6 nitrogen and oxygen atoms in total. The Morgan fingerprint density at radius 3 is 2.50 bits per heavy atom. The van der Waals surface area contributed by atoms with Gasteiger partial charge in [-0.25, -0.2) is 0 Å². The first-order valence-corrected chi connectivity index (χ1v) is 9.79. The lowest BCUT2D eigenvalue weighted by Crippen LogP contribution is -2.66. The van der Waals surface area contributed by atoms with Gasteiger partial charge in [0.05, 0.1) is 19.3 Å². The quantitative estimate of drug-likeness (QED) is 0.537. The van der Waals surface area contributed by atoms with E-state index < -0.39 is 41.3 Å². The van der Waals surface area contributed by atoms with Crippen molar-refractivity contribution in [2.24, 2.45) is 34.5 Å². The van der Waals surface area contributed by atoms with Crippen molar-refractivity contribution in [3.8, 4) is 0 Å². The predicted octanol–water partition coefficient (Wildman–Crippen LogP) is 1.26. The minimum absolute atomic E-state index is 0.0156. The Balaban J connectivity index is 1.84. The second-order valence-electron chi connectivity index (χ2n) is 9.04. The zero-order chi connectivity index (χ0) is 18.9. The third-order valence-corrected chi connectivity index (χ3v) is 8.30. The Labute approximate surface area is 153 Å². The van der Waals surface area contributed by atoms with Crippen LogP contribution in [-0.2, 0) is 19.1 Å². The van der Waals surface area contributed by atoms with Gasteiger partial charge in [0, 0.05) is 24.7 Å². The summed E-state index contributed by atoms with van der Waals surface area (Å²) in [5, 5.41) is 21.1. The van der Waals surface area contributed by atoms with Gasteiger partial charge in [-0.3, -0.25) is 14.4 Å². The van der Waals surface area contributed by atoms with Gasteiger partial charge in [0.15, 0.2) is 5.78 Å². The molecule has 0 aromatic heterocycles. The monoisotopic (exact) mass is 364 g/mol. The Bertz CT molecular complexity index is 649. The van der Waals surface area contributed by atoms with Gasteiger partial charge in [-0.15, -0.1) is 0 Å². The molecule has 0 aromatic rings. The van der Waals surface area contributed by atoms with Crippen molar-refractivity contribution in [1.82, 2.24) is 0 Å². The smallest absolute Gasteiger partial charge is 0.320 e. The van der Waals surface area contributed by atoms with Crippen LogP contribution in [0, 0.1) is 34.5 Å². The van der Waals surface area contributed by atoms with Crippen molar-refractivity contribution in [1.29, 1.82) is 0 Å². The summed E-state index contributed by atoms with van der Waals surface area (Å²) >= 11 is 0. The first-order valence-electron chi connectivity index (χ1n) is 9.79. The lowest BCUT2D eigenvalue weighted by Gasteiger charge is -2.58. The molecule has 0 spiro atoms. The normalized spacial score (nSPS) is 50.6. The summed E-state index contributed by atoms with van der Waals surface area (Å²) in [7, 11) is 1.28. The Hall–Kier alpha value is -1.27. The molecule has 4 fully saturated rings. The molecule has 0 saturated heterocycles. The molecule has 4 saturated carbocycles. The lowest BCUT2D eigenvalue weighted by atomic mass is 9.43. The fraction of sp³-hybridized carbons (Fsp3) is 0.850. The molecule has 144 valence electrons. The minimum atomic E-state index is -1.40. The molecule has 2 N–H and O–H groups in total.